The molecule has 6 aromatic rings. The Morgan fingerprint density at radius 1 is 0.629 bits per heavy atom. The van der Waals surface area contributed by atoms with Crippen molar-refractivity contribution in [1.82, 2.24) is 9.13 Å². The van der Waals surface area contributed by atoms with Gasteiger partial charge in [-0.15, -0.1) is 0 Å². The van der Waals surface area contributed by atoms with Gasteiger partial charge in [0.25, 0.3) is 0 Å². The van der Waals surface area contributed by atoms with E-state index < -0.39 is 23.5 Å². The third-order valence-electron chi connectivity index (χ3n) is 12.4. The number of allylic oxidation sites excluding steroid dienone is 1. The summed E-state index contributed by atoms with van der Waals surface area (Å²) >= 11 is 0. The van der Waals surface area contributed by atoms with Gasteiger partial charge in [-0.25, -0.2) is 4.58 Å². The molecule has 0 atom stereocenters. The van der Waals surface area contributed by atoms with Crippen molar-refractivity contribution in [3.05, 3.63) is 180 Å². The Morgan fingerprint density at radius 2 is 1.24 bits per heavy atom. The van der Waals surface area contributed by atoms with Crippen LogP contribution in [0, 0.1) is 44.5 Å². The molecule has 0 N–H and O–H groups in total. The maximum Gasteiger partial charge on any atom is 0.416 e. The molecule has 3 aromatic carbocycles. The van der Waals surface area contributed by atoms with E-state index in [1.165, 1.54) is 40.7 Å². The monoisotopic (exact) mass is 840 g/mol. The van der Waals surface area contributed by atoms with Crippen molar-refractivity contribution in [2.45, 2.75) is 72.2 Å². The molecule has 0 fully saturated rings. The second-order valence-corrected chi connectivity index (χ2v) is 16.5. The van der Waals surface area contributed by atoms with E-state index in [-0.39, 0.29) is 0 Å². The van der Waals surface area contributed by atoms with E-state index in [0.29, 0.717) is 11.4 Å². The minimum atomic E-state index is -4.44. The van der Waals surface area contributed by atoms with Gasteiger partial charge in [0, 0.05) is 71.6 Å². The van der Waals surface area contributed by atoms with Crippen LogP contribution in [0.5, 0.6) is 0 Å². The highest BCUT2D eigenvalue weighted by Gasteiger charge is 2.32. The van der Waals surface area contributed by atoms with Crippen molar-refractivity contribution < 1.29 is 35.2 Å². The third-order valence-corrected chi connectivity index (χ3v) is 12.4. The summed E-state index contributed by atoms with van der Waals surface area (Å²) < 4.78 is 90.2. The predicted molar refractivity (Wildman–Crippen MR) is 234 cm³/mol. The number of hydrogen-bond acceptors (Lipinski definition) is 0. The number of hydrogen-bond donors (Lipinski definition) is 0. The molecule has 0 saturated heterocycles. The lowest BCUT2D eigenvalue weighted by molar-refractivity contribution is -0.518. The topological polar surface area (TPSA) is 18.8 Å². The number of rotatable bonds is 6. The summed E-state index contributed by atoms with van der Waals surface area (Å²) in [5, 5.41) is 3.46. The van der Waals surface area contributed by atoms with Crippen molar-refractivity contribution in [3.8, 4) is 11.4 Å². The molecule has 0 unspecified atom stereocenters. The fourth-order valence-corrected chi connectivity index (χ4v) is 9.50. The number of alkyl halides is 6. The van der Waals surface area contributed by atoms with Gasteiger partial charge in [-0.3, -0.25) is 0 Å². The van der Waals surface area contributed by atoms with Crippen molar-refractivity contribution in [2.75, 3.05) is 6.54 Å². The quantitative estimate of drug-likeness (QED) is 0.118. The smallest absolute Gasteiger partial charge is 0.318 e. The minimum Gasteiger partial charge on any atom is -0.318 e. The Bertz CT molecular complexity index is 3150. The molecule has 0 bridgehead atoms. The Morgan fingerprint density at radius 3 is 1.87 bits per heavy atom. The molecule has 0 amide bonds. The first-order valence-electron chi connectivity index (χ1n) is 21.0. The second-order valence-electron chi connectivity index (χ2n) is 16.5. The normalized spacial score (nSPS) is 15.2. The molecule has 0 aliphatic carbocycles. The van der Waals surface area contributed by atoms with Crippen molar-refractivity contribution >= 4 is 42.3 Å². The molecular formula is C52H46F6N4+2. The van der Waals surface area contributed by atoms with Crippen LogP contribution >= 0.6 is 0 Å². The van der Waals surface area contributed by atoms with E-state index in [1.54, 1.807) is 12.1 Å². The number of aromatic nitrogens is 3. The first kappa shape index (κ1) is 41.0. The summed E-state index contributed by atoms with van der Waals surface area (Å²) in [6, 6.07) is 21.5. The largest absolute Gasteiger partial charge is 0.416 e. The van der Waals surface area contributed by atoms with Crippen molar-refractivity contribution in [2.24, 2.45) is 0 Å². The molecule has 4 nitrogen and oxygen atoms in total. The molecule has 3 aromatic heterocycles. The Hall–Kier alpha value is -6.42. The summed E-state index contributed by atoms with van der Waals surface area (Å²) in [6.45, 7) is 8.63. The van der Waals surface area contributed by atoms with E-state index in [4.69, 9.17) is 0 Å². The van der Waals surface area contributed by atoms with Crippen LogP contribution in [0.15, 0.2) is 91.1 Å². The lowest BCUT2D eigenvalue weighted by Crippen LogP contribution is -2.27. The zero-order valence-corrected chi connectivity index (χ0v) is 35.0. The fourth-order valence-electron chi connectivity index (χ4n) is 9.50. The van der Waals surface area contributed by atoms with Crippen LogP contribution in [-0.2, 0) is 18.8 Å². The first-order chi connectivity index (χ1) is 29.7. The highest BCUT2D eigenvalue weighted by atomic mass is 19.4. The predicted octanol–water partition coefficient (Wildman–Crippen LogP) is 11.8. The van der Waals surface area contributed by atoms with Gasteiger partial charge in [0.15, 0.2) is 18.1 Å². The van der Waals surface area contributed by atoms with Gasteiger partial charge in [-0.1, -0.05) is 42.5 Å². The average molecular weight is 841 g/mol. The summed E-state index contributed by atoms with van der Waals surface area (Å²) in [5.41, 5.74) is 10.5. The zero-order chi connectivity index (χ0) is 43.5. The van der Waals surface area contributed by atoms with Crippen LogP contribution in [-0.4, -0.2) is 26.5 Å². The number of aryl methyl sites for hydroxylation is 3. The number of benzene rings is 3. The van der Waals surface area contributed by atoms with Gasteiger partial charge in [-0.2, -0.15) is 30.6 Å². The SMILES string of the molecule is Cc1cc(/C=C/c2cc[n+]3c(c2)=c2c(c(/C=C/c4cc(C)n(-c5cccc(C(F)(F)F)c5)c4C)cc4c2=C2CCCC=[N+]2CCC4)C=CC=3)c(C)n1-c1cccc(C(F)(F)F)c1. The van der Waals surface area contributed by atoms with E-state index in [2.05, 4.69) is 76.0 Å². The molecule has 9 rings (SSSR count). The van der Waals surface area contributed by atoms with Gasteiger partial charge >= 0.3 is 12.4 Å². The van der Waals surface area contributed by atoms with E-state index in [0.717, 1.165) is 112 Å². The molecular weight excluding hydrogens is 795 g/mol. The molecule has 6 heterocycles. The third kappa shape index (κ3) is 7.60. The molecule has 314 valence electrons. The maximum atomic E-state index is 13.7. The van der Waals surface area contributed by atoms with Crippen LogP contribution in [0.25, 0.3) is 47.5 Å². The van der Waals surface area contributed by atoms with Crippen LogP contribution in [0.2, 0.25) is 0 Å². The number of halogens is 6. The lowest BCUT2D eigenvalue weighted by atomic mass is 9.93. The molecule has 0 spiro atoms. The number of fused-ring (bicyclic) bond motifs is 5. The van der Waals surface area contributed by atoms with Gasteiger partial charge in [0.1, 0.15) is 12.8 Å². The highest BCUT2D eigenvalue weighted by molar-refractivity contribution is 5.78. The van der Waals surface area contributed by atoms with Gasteiger partial charge < -0.3 is 9.13 Å². The molecule has 0 saturated carbocycles. The van der Waals surface area contributed by atoms with Crippen molar-refractivity contribution in [1.29, 1.82) is 0 Å². The minimum absolute atomic E-state index is 0.464. The molecule has 0 radical (unpaired) electrons. The molecule has 3 aliphatic heterocycles. The summed E-state index contributed by atoms with van der Waals surface area (Å²) in [4.78, 5) is 0. The van der Waals surface area contributed by atoms with Gasteiger partial charge in [0.2, 0.25) is 5.35 Å². The van der Waals surface area contributed by atoms with E-state index in [9.17, 15) is 26.3 Å². The van der Waals surface area contributed by atoms with Crippen molar-refractivity contribution in [3.63, 3.8) is 0 Å². The van der Waals surface area contributed by atoms with Crippen LogP contribution in [0.3, 0.4) is 0 Å². The summed E-state index contributed by atoms with van der Waals surface area (Å²) in [5.74, 6) is 0. The Balaban J connectivity index is 1.20. The number of nitrogens with zero attached hydrogens (tertiary/aromatic N) is 4. The van der Waals surface area contributed by atoms with Crippen LogP contribution in [0.1, 0.15) is 93.0 Å². The van der Waals surface area contributed by atoms with Crippen LogP contribution in [0.4, 0.5) is 26.3 Å². The first-order valence-corrected chi connectivity index (χ1v) is 21.0. The summed E-state index contributed by atoms with van der Waals surface area (Å²) in [6.07, 6.45) is 15.2. The zero-order valence-electron chi connectivity index (χ0n) is 35.0. The average Bonchev–Trinajstić information content (AvgIpc) is 3.50. The Labute approximate surface area is 356 Å². The van der Waals surface area contributed by atoms with Gasteiger partial charge in [0.05, 0.1) is 21.6 Å². The summed E-state index contributed by atoms with van der Waals surface area (Å²) in [7, 11) is 0. The maximum absolute atomic E-state index is 13.7. The molecule has 62 heavy (non-hydrogen) atoms. The second kappa shape index (κ2) is 15.8. The van der Waals surface area contributed by atoms with Crippen LogP contribution < -0.4 is 9.46 Å². The fraction of sp³-hybridized carbons (Fsp3) is 0.231. The van der Waals surface area contributed by atoms with E-state index >= 15 is 0 Å². The Kier molecular flexibility index (Phi) is 10.4. The van der Waals surface area contributed by atoms with Gasteiger partial charge in [-0.05, 0) is 129 Å². The number of pyridine rings is 1. The molecule has 10 heteroatoms. The highest BCUT2D eigenvalue weighted by Crippen LogP contribution is 2.34. The molecule has 3 aliphatic rings. The lowest BCUT2D eigenvalue weighted by Gasteiger charge is -2.13. The standard InChI is InChI=1S/C52H46F6N4/c1-33-27-38(35(3)61(33)44-14-7-12-42(31-44)51(53,54)55)19-18-37-22-26-60-25-10-16-46-40(30-41-11-9-24-59-23-6-5-17-47(59)49(41)50(46)48(60)29-37)21-20-39-28-34(2)62(36(39)4)45-15-8-13-43(32-45)52(56,57)58/h7-8,10,12-16,18-23,25-32H,5-6,9,11,17,24H2,1-4H3/q+2/b19-18+. The van der Waals surface area contributed by atoms with E-state index in [1.807, 2.05) is 55.0 Å².